The van der Waals surface area contributed by atoms with Crippen molar-refractivity contribution in [2.45, 2.75) is 25.8 Å². The number of hydrogen-bond acceptors (Lipinski definition) is 3. The third-order valence-corrected chi connectivity index (χ3v) is 5.32. The molecule has 2 aliphatic heterocycles. The summed E-state index contributed by atoms with van der Waals surface area (Å²) in [5, 5.41) is 0. The number of carbonyl (C=O) groups is 1. The number of carbonyl (C=O) groups excluding carboxylic acids is 1. The van der Waals surface area contributed by atoms with Crippen LogP contribution in [0, 0.1) is 5.92 Å². The maximum atomic E-state index is 12.0. The molecule has 2 heterocycles. The molecule has 0 spiro atoms. The second-order valence-electron chi connectivity index (χ2n) is 7.52. The van der Waals surface area contributed by atoms with Crippen molar-refractivity contribution in [1.29, 1.82) is 0 Å². The van der Waals surface area contributed by atoms with E-state index in [0.29, 0.717) is 5.92 Å². The van der Waals surface area contributed by atoms with Crippen molar-refractivity contribution in [3.05, 3.63) is 35.4 Å². The number of piperidine rings is 1. The number of hydrogen-bond donors (Lipinski definition) is 0. The smallest absolute Gasteiger partial charge is 0.319 e. The minimum Gasteiger partial charge on any atom is -0.379 e. The molecule has 0 radical (unpaired) electrons. The van der Waals surface area contributed by atoms with Crippen LogP contribution in [0.4, 0.5) is 4.79 Å². The van der Waals surface area contributed by atoms with Crippen LogP contribution < -0.4 is 0 Å². The molecule has 0 unspecified atom stereocenters. The van der Waals surface area contributed by atoms with Gasteiger partial charge in [-0.15, -0.1) is 0 Å². The van der Waals surface area contributed by atoms with Crippen molar-refractivity contribution in [1.82, 2.24) is 14.7 Å². The summed E-state index contributed by atoms with van der Waals surface area (Å²) in [6.07, 6.45) is 3.34. The number of ether oxygens (including phenoxy) is 1. The lowest BCUT2D eigenvalue weighted by Crippen LogP contribution is -2.44. The van der Waals surface area contributed by atoms with Crippen LogP contribution in [0.2, 0.25) is 0 Å². The molecule has 0 aromatic heterocycles. The number of urea groups is 1. The number of likely N-dealkylation sites (tertiary alicyclic amines) is 1. The summed E-state index contributed by atoms with van der Waals surface area (Å²) in [5.74, 6) is 0.691. The largest absolute Gasteiger partial charge is 0.379 e. The third kappa shape index (κ3) is 5.19. The molecule has 0 N–H and O–H groups in total. The van der Waals surface area contributed by atoms with Gasteiger partial charge in [-0.3, -0.25) is 4.90 Å². The number of morpholine rings is 1. The fourth-order valence-corrected chi connectivity index (χ4v) is 3.74. The van der Waals surface area contributed by atoms with Gasteiger partial charge in [-0.1, -0.05) is 24.3 Å². The highest BCUT2D eigenvalue weighted by Gasteiger charge is 2.23. The summed E-state index contributed by atoms with van der Waals surface area (Å²) >= 11 is 0. The minimum atomic E-state index is 0.144. The van der Waals surface area contributed by atoms with Crippen molar-refractivity contribution in [3.63, 3.8) is 0 Å². The Bertz CT molecular complexity index is 545. The van der Waals surface area contributed by atoms with Crippen LogP contribution >= 0.6 is 0 Å². The summed E-state index contributed by atoms with van der Waals surface area (Å²) in [6.45, 7) is 6.57. The van der Waals surface area contributed by atoms with E-state index in [9.17, 15) is 4.79 Å². The van der Waals surface area contributed by atoms with Crippen LogP contribution in [0.5, 0.6) is 0 Å². The van der Waals surface area contributed by atoms with Gasteiger partial charge in [0.2, 0.25) is 0 Å². The van der Waals surface area contributed by atoms with Crippen molar-refractivity contribution in [3.8, 4) is 0 Å². The summed E-state index contributed by atoms with van der Waals surface area (Å²) in [6, 6.07) is 9.26. The lowest BCUT2D eigenvalue weighted by Gasteiger charge is -2.33. The Morgan fingerprint density at radius 3 is 2.24 bits per heavy atom. The van der Waals surface area contributed by atoms with E-state index in [1.807, 2.05) is 19.0 Å². The van der Waals surface area contributed by atoms with E-state index >= 15 is 0 Å². The molecule has 0 saturated carbocycles. The zero-order valence-electron chi connectivity index (χ0n) is 15.6. The molecule has 2 aliphatic rings. The van der Waals surface area contributed by atoms with Crippen LogP contribution in [-0.2, 0) is 17.7 Å². The third-order valence-electron chi connectivity index (χ3n) is 5.32. The first kappa shape index (κ1) is 18.2. The standard InChI is InChI=1S/C20H31N3O2/c1-21(2)20(24)23-9-7-18(8-10-23)15-17-3-5-19(6-4-17)16-22-11-13-25-14-12-22/h3-6,18H,7-16H2,1-2H3. The van der Waals surface area contributed by atoms with Gasteiger partial charge in [0.1, 0.15) is 0 Å². The Morgan fingerprint density at radius 2 is 1.64 bits per heavy atom. The number of amides is 2. The minimum absolute atomic E-state index is 0.144. The van der Waals surface area contributed by atoms with Crippen LogP contribution in [0.25, 0.3) is 0 Å². The van der Waals surface area contributed by atoms with Gasteiger partial charge in [-0.25, -0.2) is 4.79 Å². The SMILES string of the molecule is CN(C)C(=O)N1CCC(Cc2ccc(CN3CCOCC3)cc2)CC1. The van der Waals surface area contributed by atoms with Crippen molar-refractivity contribution in [2.75, 3.05) is 53.5 Å². The molecule has 2 amide bonds. The summed E-state index contributed by atoms with van der Waals surface area (Å²) in [5.41, 5.74) is 2.81. The van der Waals surface area contributed by atoms with Crippen molar-refractivity contribution >= 4 is 6.03 Å². The van der Waals surface area contributed by atoms with Gasteiger partial charge in [0.25, 0.3) is 0 Å². The molecule has 5 nitrogen and oxygen atoms in total. The highest BCUT2D eigenvalue weighted by atomic mass is 16.5. The maximum absolute atomic E-state index is 12.0. The molecule has 25 heavy (non-hydrogen) atoms. The first-order chi connectivity index (χ1) is 12.1. The first-order valence-electron chi connectivity index (χ1n) is 9.46. The molecule has 1 aromatic carbocycles. The van der Waals surface area contributed by atoms with Crippen LogP contribution in [0.15, 0.2) is 24.3 Å². The van der Waals surface area contributed by atoms with Gasteiger partial charge >= 0.3 is 6.03 Å². The van der Waals surface area contributed by atoms with Crippen LogP contribution in [0.3, 0.4) is 0 Å². The summed E-state index contributed by atoms with van der Waals surface area (Å²) in [4.78, 5) is 18.1. The highest BCUT2D eigenvalue weighted by Crippen LogP contribution is 2.22. The van der Waals surface area contributed by atoms with Gasteiger partial charge in [0.05, 0.1) is 13.2 Å². The van der Waals surface area contributed by atoms with E-state index in [-0.39, 0.29) is 6.03 Å². The maximum Gasteiger partial charge on any atom is 0.319 e. The topological polar surface area (TPSA) is 36.0 Å². The summed E-state index contributed by atoms with van der Waals surface area (Å²) < 4.78 is 5.41. The Hall–Kier alpha value is -1.59. The first-order valence-corrected chi connectivity index (χ1v) is 9.46. The van der Waals surface area contributed by atoms with E-state index in [1.54, 1.807) is 4.90 Å². The number of nitrogens with zero attached hydrogens (tertiary/aromatic N) is 3. The molecule has 1 aromatic rings. The Labute approximate surface area is 151 Å². The molecule has 138 valence electrons. The predicted molar refractivity (Wildman–Crippen MR) is 99.6 cm³/mol. The predicted octanol–water partition coefficient (Wildman–Crippen LogP) is 2.45. The lowest BCUT2D eigenvalue weighted by molar-refractivity contribution is 0.0342. The molecular formula is C20H31N3O2. The average molecular weight is 345 g/mol. The number of rotatable bonds is 4. The molecular weight excluding hydrogens is 314 g/mol. The van der Waals surface area contributed by atoms with E-state index in [4.69, 9.17) is 4.74 Å². The molecule has 3 rings (SSSR count). The number of benzene rings is 1. The van der Waals surface area contributed by atoms with Gasteiger partial charge in [-0.05, 0) is 36.3 Å². The van der Waals surface area contributed by atoms with Gasteiger partial charge < -0.3 is 14.5 Å². The van der Waals surface area contributed by atoms with Gasteiger partial charge in [-0.2, -0.15) is 0 Å². The molecule has 2 fully saturated rings. The summed E-state index contributed by atoms with van der Waals surface area (Å²) in [7, 11) is 3.65. The van der Waals surface area contributed by atoms with E-state index in [2.05, 4.69) is 29.2 Å². The fourth-order valence-electron chi connectivity index (χ4n) is 3.74. The second-order valence-corrected chi connectivity index (χ2v) is 7.52. The van der Waals surface area contributed by atoms with Crippen LogP contribution in [0.1, 0.15) is 24.0 Å². The molecule has 2 saturated heterocycles. The monoisotopic (exact) mass is 345 g/mol. The molecule has 0 aliphatic carbocycles. The molecule has 0 bridgehead atoms. The molecule has 5 heteroatoms. The van der Waals surface area contributed by atoms with E-state index in [1.165, 1.54) is 11.1 Å². The second kappa shape index (κ2) is 8.68. The van der Waals surface area contributed by atoms with Crippen molar-refractivity contribution < 1.29 is 9.53 Å². The Balaban J connectivity index is 1.45. The lowest BCUT2D eigenvalue weighted by atomic mass is 9.90. The average Bonchev–Trinajstić information content (AvgIpc) is 2.64. The fraction of sp³-hybridized carbons (Fsp3) is 0.650. The van der Waals surface area contributed by atoms with E-state index in [0.717, 1.165) is 65.2 Å². The quantitative estimate of drug-likeness (QED) is 0.841. The zero-order valence-corrected chi connectivity index (χ0v) is 15.6. The molecule has 0 atom stereocenters. The Kier molecular flexibility index (Phi) is 6.32. The van der Waals surface area contributed by atoms with Crippen molar-refractivity contribution in [2.24, 2.45) is 5.92 Å². The highest BCUT2D eigenvalue weighted by molar-refractivity contribution is 5.73. The van der Waals surface area contributed by atoms with Gasteiger partial charge in [0.15, 0.2) is 0 Å². The normalized spacial score (nSPS) is 19.8. The van der Waals surface area contributed by atoms with Crippen LogP contribution in [-0.4, -0.2) is 74.2 Å². The van der Waals surface area contributed by atoms with E-state index < -0.39 is 0 Å². The zero-order chi connectivity index (χ0) is 17.6. The Morgan fingerprint density at radius 1 is 1.04 bits per heavy atom. The van der Waals surface area contributed by atoms with Gasteiger partial charge in [0, 0.05) is 46.8 Å².